The summed E-state index contributed by atoms with van der Waals surface area (Å²) >= 11 is 0. The lowest BCUT2D eigenvalue weighted by Gasteiger charge is -2.07. The van der Waals surface area contributed by atoms with E-state index in [0.29, 0.717) is 22.6 Å². The minimum atomic E-state index is -3.82. The summed E-state index contributed by atoms with van der Waals surface area (Å²) in [5.41, 5.74) is 9.49. The summed E-state index contributed by atoms with van der Waals surface area (Å²) in [5.74, 6) is 0.533. The molecule has 0 saturated carbocycles. The van der Waals surface area contributed by atoms with Crippen LogP contribution < -0.4 is 5.73 Å². The zero-order valence-corrected chi connectivity index (χ0v) is 15.7. The molecule has 2 aromatic carbocycles. The number of hydrogen-bond acceptors (Lipinski definition) is 5. The second kappa shape index (κ2) is 6.21. The maximum atomic E-state index is 13.2. The number of nitrogens with two attached hydrogens (primary N) is 1. The Morgan fingerprint density at radius 1 is 0.963 bits per heavy atom. The molecule has 0 aliphatic carbocycles. The van der Waals surface area contributed by atoms with Gasteiger partial charge in [-0.1, -0.05) is 42.0 Å². The van der Waals surface area contributed by atoms with E-state index in [0.717, 1.165) is 11.1 Å². The Bertz CT molecular complexity index is 1260. The summed E-state index contributed by atoms with van der Waals surface area (Å²) < 4.78 is 26.4. The maximum absolute atomic E-state index is 13.2. The average molecular weight is 378 g/mol. The average Bonchev–Trinajstić information content (AvgIpc) is 2.98. The third-order valence-corrected chi connectivity index (χ3v) is 6.20. The fourth-order valence-electron chi connectivity index (χ4n) is 3.17. The molecule has 4 aromatic rings. The van der Waals surface area contributed by atoms with Crippen molar-refractivity contribution in [1.29, 1.82) is 0 Å². The number of rotatable bonds is 3. The quantitative estimate of drug-likeness (QED) is 0.566. The third kappa shape index (κ3) is 2.86. The van der Waals surface area contributed by atoms with E-state index in [1.807, 2.05) is 31.2 Å². The lowest BCUT2D eigenvalue weighted by Crippen LogP contribution is -2.05. The van der Waals surface area contributed by atoms with Crippen LogP contribution in [0.4, 0.5) is 5.82 Å². The van der Waals surface area contributed by atoms with Crippen molar-refractivity contribution in [3.8, 4) is 11.3 Å². The highest BCUT2D eigenvalue weighted by molar-refractivity contribution is 7.92. The second-order valence-electron chi connectivity index (χ2n) is 6.40. The molecule has 6 nitrogen and oxygen atoms in total. The Morgan fingerprint density at radius 2 is 1.70 bits per heavy atom. The fraction of sp³-hybridized carbons (Fsp3) is 0.100. The molecule has 7 heteroatoms. The number of nitrogens with one attached hydrogen (secondary N) is 1. The molecule has 0 fully saturated rings. The molecular formula is C20H18N4O2S. The van der Waals surface area contributed by atoms with E-state index in [1.54, 1.807) is 37.3 Å². The van der Waals surface area contributed by atoms with Crippen LogP contribution >= 0.6 is 0 Å². The molecule has 0 amide bonds. The molecule has 27 heavy (non-hydrogen) atoms. The first-order valence-electron chi connectivity index (χ1n) is 8.41. The van der Waals surface area contributed by atoms with Gasteiger partial charge in [0, 0.05) is 5.56 Å². The standard InChI is InChI=1S/C20H18N4O2S/c1-12-7-6-8-14(11-12)16-17-18(23-13(2)22-16)19(20(21)24-17)27(25,26)15-9-4-3-5-10-15/h3-11,24H,21H2,1-2H3. The van der Waals surface area contributed by atoms with Crippen LogP contribution in [0.1, 0.15) is 11.4 Å². The van der Waals surface area contributed by atoms with E-state index in [2.05, 4.69) is 15.0 Å². The molecule has 0 spiro atoms. The summed E-state index contributed by atoms with van der Waals surface area (Å²) in [5, 5.41) is 0. The topological polar surface area (TPSA) is 102 Å². The first kappa shape index (κ1) is 17.2. The van der Waals surface area contributed by atoms with Gasteiger partial charge < -0.3 is 10.7 Å². The Kier molecular flexibility index (Phi) is 3.96. The van der Waals surface area contributed by atoms with Gasteiger partial charge in [0.1, 0.15) is 22.1 Å². The monoisotopic (exact) mass is 378 g/mol. The Balaban J connectivity index is 2.04. The highest BCUT2D eigenvalue weighted by atomic mass is 32.2. The Hall–Kier alpha value is -3.19. The Morgan fingerprint density at radius 3 is 2.41 bits per heavy atom. The van der Waals surface area contributed by atoms with Crippen molar-refractivity contribution in [2.75, 3.05) is 5.73 Å². The highest BCUT2D eigenvalue weighted by Crippen LogP contribution is 2.36. The van der Waals surface area contributed by atoms with Gasteiger partial charge in [0.25, 0.3) is 0 Å². The van der Waals surface area contributed by atoms with Gasteiger partial charge in [0.15, 0.2) is 0 Å². The van der Waals surface area contributed by atoms with Gasteiger partial charge in [-0.3, -0.25) is 0 Å². The van der Waals surface area contributed by atoms with Crippen molar-refractivity contribution < 1.29 is 8.42 Å². The van der Waals surface area contributed by atoms with E-state index in [1.165, 1.54) is 0 Å². The van der Waals surface area contributed by atoms with Crippen molar-refractivity contribution in [2.24, 2.45) is 0 Å². The molecule has 136 valence electrons. The summed E-state index contributed by atoms with van der Waals surface area (Å²) in [6, 6.07) is 16.0. The molecule has 0 aliphatic rings. The first-order valence-corrected chi connectivity index (χ1v) is 9.89. The SMILES string of the molecule is Cc1cccc(-c2nc(C)nc3c(S(=O)(=O)c4ccccc4)c(N)[nH]c23)c1. The van der Waals surface area contributed by atoms with E-state index < -0.39 is 9.84 Å². The number of anilines is 1. The molecule has 0 aliphatic heterocycles. The van der Waals surface area contributed by atoms with E-state index >= 15 is 0 Å². The summed E-state index contributed by atoms with van der Waals surface area (Å²) in [6.07, 6.45) is 0. The van der Waals surface area contributed by atoms with Crippen LogP contribution in [0.3, 0.4) is 0 Å². The lowest BCUT2D eigenvalue weighted by atomic mass is 10.1. The van der Waals surface area contributed by atoms with Crippen LogP contribution in [0.2, 0.25) is 0 Å². The number of aromatic nitrogens is 3. The zero-order valence-electron chi connectivity index (χ0n) is 14.9. The molecular weight excluding hydrogens is 360 g/mol. The molecule has 0 unspecified atom stereocenters. The van der Waals surface area contributed by atoms with Gasteiger partial charge in [-0.2, -0.15) is 0 Å². The third-order valence-electron chi connectivity index (χ3n) is 4.35. The van der Waals surface area contributed by atoms with Crippen LogP contribution in [0.5, 0.6) is 0 Å². The number of hydrogen-bond donors (Lipinski definition) is 2. The molecule has 0 bridgehead atoms. The first-order chi connectivity index (χ1) is 12.9. The van der Waals surface area contributed by atoms with Crippen LogP contribution in [0.15, 0.2) is 64.4 Å². The molecule has 0 saturated heterocycles. The number of aromatic amines is 1. The molecule has 2 heterocycles. The molecule has 0 atom stereocenters. The minimum Gasteiger partial charge on any atom is -0.384 e. The van der Waals surface area contributed by atoms with Gasteiger partial charge in [0.05, 0.1) is 16.1 Å². The van der Waals surface area contributed by atoms with E-state index in [4.69, 9.17) is 5.73 Å². The van der Waals surface area contributed by atoms with Crippen LogP contribution in [-0.4, -0.2) is 23.4 Å². The summed E-state index contributed by atoms with van der Waals surface area (Å²) in [6.45, 7) is 3.73. The normalized spacial score (nSPS) is 11.8. The number of aryl methyl sites for hydroxylation is 2. The number of sulfone groups is 1. The molecule has 4 rings (SSSR count). The summed E-state index contributed by atoms with van der Waals surface area (Å²) in [7, 11) is -3.82. The van der Waals surface area contributed by atoms with Crippen LogP contribution in [0, 0.1) is 13.8 Å². The highest BCUT2D eigenvalue weighted by Gasteiger charge is 2.28. The van der Waals surface area contributed by atoms with Crippen molar-refractivity contribution in [1.82, 2.24) is 15.0 Å². The number of H-pyrrole nitrogens is 1. The van der Waals surface area contributed by atoms with Crippen molar-refractivity contribution in [3.05, 3.63) is 66.0 Å². The Labute approximate surface area is 157 Å². The zero-order chi connectivity index (χ0) is 19.2. The largest absolute Gasteiger partial charge is 0.384 e. The number of fused-ring (bicyclic) bond motifs is 1. The van der Waals surface area contributed by atoms with Gasteiger partial charge in [0.2, 0.25) is 9.84 Å². The van der Waals surface area contributed by atoms with Crippen LogP contribution in [-0.2, 0) is 9.84 Å². The van der Waals surface area contributed by atoms with Gasteiger partial charge in [-0.15, -0.1) is 0 Å². The van der Waals surface area contributed by atoms with E-state index in [-0.39, 0.29) is 15.6 Å². The smallest absolute Gasteiger partial charge is 0.212 e. The molecule has 3 N–H and O–H groups in total. The van der Waals surface area contributed by atoms with Crippen LogP contribution in [0.25, 0.3) is 22.3 Å². The van der Waals surface area contributed by atoms with Crippen molar-refractivity contribution in [2.45, 2.75) is 23.6 Å². The molecule has 2 aromatic heterocycles. The number of benzene rings is 2. The van der Waals surface area contributed by atoms with Crippen molar-refractivity contribution >= 4 is 26.7 Å². The van der Waals surface area contributed by atoms with Gasteiger partial charge in [-0.05, 0) is 32.0 Å². The van der Waals surface area contributed by atoms with Gasteiger partial charge >= 0.3 is 0 Å². The second-order valence-corrected chi connectivity index (χ2v) is 8.28. The molecule has 0 radical (unpaired) electrons. The number of nitrogen functional groups attached to an aromatic ring is 1. The lowest BCUT2D eigenvalue weighted by molar-refractivity contribution is 0.597. The number of nitrogens with zero attached hydrogens (tertiary/aromatic N) is 2. The maximum Gasteiger partial charge on any atom is 0.212 e. The predicted molar refractivity (Wildman–Crippen MR) is 105 cm³/mol. The minimum absolute atomic E-state index is 0.0110. The summed E-state index contributed by atoms with van der Waals surface area (Å²) in [4.78, 5) is 12.1. The predicted octanol–water partition coefficient (Wildman–Crippen LogP) is 3.66. The van der Waals surface area contributed by atoms with E-state index in [9.17, 15) is 8.42 Å². The van der Waals surface area contributed by atoms with Gasteiger partial charge in [-0.25, -0.2) is 18.4 Å². The fourth-order valence-corrected chi connectivity index (χ4v) is 4.66. The van der Waals surface area contributed by atoms with Crippen molar-refractivity contribution in [3.63, 3.8) is 0 Å².